The van der Waals surface area contributed by atoms with Gasteiger partial charge in [-0.05, 0) is 43.3 Å². The van der Waals surface area contributed by atoms with E-state index in [4.69, 9.17) is 4.74 Å². The number of nitrogens with zero attached hydrogens (tertiary/aromatic N) is 9. The Bertz CT molecular complexity index is 1840. The van der Waals surface area contributed by atoms with Crippen molar-refractivity contribution in [3.05, 3.63) is 59.4 Å². The molecule has 0 bridgehead atoms. The Morgan fingerprint density at radius 2 is 1.44 bits per heavy atom. The minimum atomic E-state index is -3.14. The van der Waals surface area contributed by atoms with Crippen molar-refractivity contribution in [2.75, 3.05) is 131 Å². The van der Waals surface area contributed by atoms with E-state index in [-0.39, 0.29) is 18.0 Å². The van der Waals surface area contributed by atoms with Crippen molar-refractivity contribution in [1.82, 2.24) is 44.6 Å². The summed E-state index contributed by atoms with van der Waals surface area (Å²) in [4.78, 5) is 68.7. The van der Waals surface area contributed by atoms with Gasteiger partial charge >= 0.3 is 5.97 Å². The highest BCUT2D eigenvalue weighted by Crippen LogP contribution is 2.31. The third-order valence-electron chi connectivity index (χ3n) is 11.7. The van der Waals surface area contributed by atoms with Crippen LogP contribution < -0.4 is 10.1 Å². The van der Waals surface area contributed by atoms with Gasteiger partial charge in [-0.3, -0.25) is 38.9 Å². The second-order valence-electron chi connectivity index (χ2n) is 16.0. The van der Waals surface area contributed by atoms with E-state index in [1.54, 1.807) is 12.1 Å². The van der Waals surface area contributed by atoms with Crippen LogP contribution >= 0.6 is 0 Å². The molecule has 2 aromatic rings. The van der Waals surface area contributed by atoms with Crippen LogP contribution in [-0.2, 0) is 14.4 Å². The van der Waals surface area contributed by atoms with Crippen molar-refractivity contribution in [3.63, 3.8) is 0 Å². The smallest absolute Gasteiger partial charge is 0.317 e. The first-order valence-electron chi connectivity index (χ1n) is 21.7. The third kappa shape index (κ3) is 15.1. The second-order valence-corrected chi connectivity index (χ2v) is 16.0. The fourth-order valence-corrected chi connectivity index (χ4v) is 7.86. The molecule has 1 atom stereocenters. The highest BCUT2D eigenvalue weighted by Gasteiger charge is 2.47. The predicted octanol–water partition coefficient (Wildman–Crippen LogP) is 2.00. The van der Waals surface area contributed by atoms with Crippen molar-refractivity contribution in [2.45, 2.75) is 38.7 Å². The number of carboxylic acids is 1. The molecule has 3 fully saturated rings. The minimum absolute atomic E-state index is 0.0514. The largest absolute Gasteiger partial charge is 0.494 e. The zero-order valence-corrected chi connectivity index (χ0v) is 36.1. The van der Waals surface area contributed by atoms with Gasteiger partial charge < -0.3 is 34.8 Å². The van der Waals surface area contributed by atoms with Gasteiger partial charge in [-0.15, -0.1) is 0 Å². The number of carbonyl (C=O) groups excluding carboxylic acids is 3. The molecule has 3 aliphatic heterocycles. The zero-order valence-electron chi connectivity index (χ0n) is 36.1. The number of ether oxygens (including phenoxy) is 1. The van der Waals surface area contributed by atoms with E-state index in [9.17, 15) is 38.3 Å². The first-order valence-corrected chi connectivity index (χ1v) is 21.7. The molecule has 3 amide bonds. The van der Waals surface area contributed by atoms with Crippen LogP contribution in [0.25, 0.3) is 12.2 Å². The average molecular weight is 865 g/mol. The quantitative estimate of drug-likeness (QED) is 0.236. The SMILES string of the molecule is CCN1CCN(CC(=O)O)CCN(CC)CCN(CC(=O)N2CCN(CCCOc3ccc(/C=C/c4cnccc4C(=O)NCC(=O)N4CC(F)(F)CC4C#N)cc3)CC2)CC1. The lowest BCUT2D eigenvalue weighted by atomic mass is 10.1. The number of nitriles is 1. The van der Waals surface area contributed by atoms with Gasteiger partial charge in [-0.1, -0.05) is 38.1 Å². The highest BCUT2D eigenvalue weighted by molar-refractivity contribution is 6.00. The van der Waals surface area contributed by atoms with Crippen LogP contribution in [0, 0.1) is 11.3 Å². The molecular formula is C44H62F2N10O6. The number of piperazine rings is 1. The number of likely N-dealkylation sites (N-methyl/N-ethyl adjacent to an activating group) is 2. The van der Waals surface area contributed by atoms with Crippen LogP contribution in [0.4, 0.5) is 8.78 Å². The summed E-state index contributed by atoms with van der Waals surface area (Å²) < 4.78 is 33.6. The molecule has 0 saturated carbocycles. The highest BCUT2D eigenvalue weighted by atomic mass is 19.3. The third-order valence-corrected chi connectivity index (χ3v) is 11.7. The molecule has 338 valence electrons. The van der Waals surface area contributed by atoms with E-state index in [1.807, 2.05) is 40.1 Å². The van der Waals surface area contributed by atoms with Crippen molar-refractivity contribution in [2.24, 2.45) is 0 Å². The fourth-order valence-electron chi connectivity index (χ4n) is 7.86. The maximum atomic E-state index is 13.8. The standard InChI is InChI=1S/C44H62F2N10O6/c1-3-50-15-19-53(20-16-51(4-2)18-22-54(21-17-50)33-42(59)60)32-41(58)55-25-23-52(24-26-55)14-5-27-62-38-10-7-35(8-11-38)6-9-36-30-48-13-12-39(36)43(61)49-31-40(57)56-34-44(45,46)28-37(56)29-47/h6-13,30,37H,3-5,14-28,31-34H2,1-2H3,(H,49,61)(H,59,60)/b9-6+. The minimum Gasteiger partial charge on any atom is -0.494 e. The summed E-state index contributed by atoms with van der Waals surface area (Å²) in [6.45, 7) is 15.7. The lowest BCUT2D eigenvalue weighted by molar-refractivity contribution is -0.138. The number of hydrogen-bond donors (Lipinski definition) is 2. The Kier molecular flexibility index (Phi) is 18.5. The zero-order chi connectivity index (χ0) is 44.5. The van der Waals surface area contributed by atoms with E-state index in [1.165, 1.54) is 18.5 Å². The van der Waals surface area contributed by atoms with Crippen LogP contribution in [0.1, 0.15) is 48.2 Å². The number of alkyl halides is 2. The van der Waals surface area contributed by atoms with Crippen molar-refractivity contribution < 1.29 is 37.8 Å². The molecule has 18 heteroatoms. The van der Waals surface area contributed by atoms with E-state index < -0.39 is 49.3 Å². The number of amides is 3. The second kappa shape index (κ2) is 24.0. The van der Waals surface area contributed by atoms with E-state index in [0.717, 1.165) is 94.6 Å². The molecule has 62 heavy (non-hydrogen) atoms. The van der Waals surface area contributed by atoms with Gasteiger partial charge in [-0.2, -0.15) is 5.26 Å². The number of hydrogen-bond acceptors (Lipinski definition) is 12. The molecule has 1 aromatic carbocycles. The lowest BCUT2D eigenvalue weighted by Gasteiger charge is -2.37. The molecule has 0 radical (unpaired) electrons. The van der Waals surface area contributed by atoms with Crippen molar-refractivity contribution in [3.8, 4) is 11.8 Å². The molecule has 1 aromatic heterocycles. The number of benzene rings is 1. The summed E-state index contributed by atoms with van der Waals surface area (Å²) >= 11 is 0. The number of carboxylic acid groups (broad SMARTS) is 1. The first-order chi connectivity index (χ1) is 29.9. The molecule has 0 aliphatic carbocycles. The number of halogens is 2. The van der Waals surface area contributed by atoms with Gasteiger partial charge in [0.25, 0.3) is 11.8 Å². The van der Waals surface area contributed by atoms with Gasteiger partial charge in [0, 0.05) is 115 Å². The van der Waals surface area contributed by atoms with Gasteiger partial charge in [0.2, 0.25) is 11.8 Å². The molecule has 1 unspecified atom stereocenters. The maximum Gasteiger partial charge on any atom is 0.317 e. The number of rotatable bonds is 16. The number of carbonyl (C=O) groups is 4. The first kappa shape index (κ1) is 48.0. The summed E-state index contributed by atoms with van der Waals surface area (Å²) in [5.41, 5.74) is 1.60. The molecule has 4 heterocycles. The number of aliphatic carboxylic acids is 1. The number of pyridine rings is 1. The molecular weight excluding hydrogens is 803 g/mol. The molecule has 2 N–H and O–H groups in total. The van der Waals surface area contributed by atoms with Crippen LogP contribution in [-0.4, -0.2) is 211 Å². The Morgan fingerprint density at radius 1 is 0.839 bits per heavy atom. The lowest BCUT2D eigenvalue weighted by Crippen LogP contribution is -2.53. The topological polar surface area (TPSA) is 169 Å². The van der Waals surface area contributed by atoms with Gasteiger partial charge in [0.05, 0.1) is 38.9 Å². The monoisotopic (exact) mass is 864 g/mol. The van der Waals surface area contributed by atoms with E-state index >= 15 is 0 Å². The number of likely N-dealkylation sites (tertiary alicyclic amines) is 1. The van der Waals surface area contributed by atoms with Crippen molar-refractivity contribution in [1.29, 1.82) is 5.26 Å². The predicted molar refractivity (Wildman–Crippen MR) is 230 cm³/mol. The number of nitrogens with one attached hydrogen (secondary N) is 1. The van der Waals surface area contributed by atoms with Crippen LogP contribution in [0.15, 0.2) is 42.7 Å². The summed E-state index contributed by atoms with van der Waals surface area (Å²) in [5.74, 6) is -4.37. The summed E-state index contributed by atoms with van der Waals surface area (Å²) in [5, 5.41) is 21.0. The summed E-state index contributed by atoms with van der Waals surface area (Å²) in [6.07, 6.45) is 6.61. The maximum absolute atomic E-state index is 13.8. The molecule has 16 nitrogen and oxygen atoms in total. The molecule has 3 saturated heterocycles. The molecule has 0 spiro atoms. The summed E-state index contributed by atoms with van der Waals surface area (Å²) in [6, 6.07) is 9.53. The van der Waals surface area contributed by atoms with Crippen LogP contribution in [0.3, 0.4) is 0 Å². The van der Waals surface area contributed by atoms with Gasteiger partial charge in [0.1, 0.15) is 11.8 Å². The van der Waals surface area contributed by atoms with Gasteiger partial charge in [0.15, 0.2) is 0 Å². The fraction of sp³-hybridized carbons (Fsp3) is 0.591. The Hall–Kier alpha value is -5.06. The molecule has 5 rings (SSSR count). The van der Waals surface area contributed by atoms with Gasteiger partial charge in [-0.25, -0.2) is 8.78 Å². The van der Waals surface area contributed by atoms with E-state index in [0.29, 0.717) is 44.9 Å². The Labute approximate surface area is 363 Å². The Balaban J connectivity index is 1.01. The average Bonchev–Trinajstić information content (AvgIpc) is 3.60. The van der Waals surface area contributed by atoms with Crippen molar-refractivity contribution >= 4 is 35.8 Å². The molecule has 3 aliphatic rings. The number of aromatic nitrogens is 1. The summed E-state index contributed by atoms with van der Waals surface area (Å²) in [7, 11) is 0. The van der Waals surface area contributed by atoms with Crippen LogP contribution in [0.5, 0.6) is 5.75 Å². The van der Waals surface area contributed by atoms with E-state index in [2.05, 4.69) is 43.7 Å². The van der Waals surface area contributed by atoms with Crippen LogP contribution in [0.2, 0.25) is 0 Å². The normalized spacial score (nSPS) is 20.3. The Morgan fingerprint density at radius 3 is 2.03 bits per heavy atom.